The molecule has 3 aliphatic heterocycles. The largest absolute Gasteiger partial charge is 0.453 e. The van der Waals surface area contributed by atoms with Gasteiger partial charge in [0.05, 0.1) is 62.2 Å². The molecule has 5 aromatic rings. The molecule has 358 valence electrons. The monoisotopic (exact) mass is 924 g/mol. The van der Waals surface area contributed by atoms with Gasteiger partial charge in [-0.05, 0) is 109 Å². The first-order valence-electron chi connectivity index (χ1n) is 24.4. The summed E-state index contributed by atoms with van der Waals surface area (Å²) in [5, 5.41) is 5.46. The second-order valence-electron chi connectivity index (χ2n) is 19.6. The summed E-state index contributed by atoms with van der Waals surface area (Å²) in [4.78, 5) is 74.5. The van der Waals surface area contributed by atoms with E-state index in [1.54, 1.807) is 0 Å². The number of aromatic amines is 2. The Labute approximate surface area is 398 Å². The molecule has 1 aliphatic carbocycles. The van der Waals surface area contributed by atoms with Crippen molar-refractivity contribution in [2.45, 2.75) is 121 Å². The maximum atomic E-state index is 13.7. The molecule has 1 unspecified atom stereocenters. The van der Waals surface area contributed by atoms with E-state index in [0.717, 1.165) is 72.7 Å². The number of amides is 4. The number of ether oxygens (including phenoxy) is 2. The number of likely N-dealkylation sites (tertiary alicyclic amines) is 2. The molecule has 68 heavy (non-hydrogen) atoms. The number of anilines is 1. The number of alkyl carbamates (subject to hydrolysis) is 2. The molecular weight excluding hydrogens is 859 g/mol. The van der Waals surface area contributed by atoms with Crippen LogP contribution in [0, 0.1) is 11.8 Å². The number of benzene rings is 3. The van der Waals surface area contributed by atoms with Crippen LogP contribution in [0.25, 0.3) is 22.5 Å². The number of hydrogen-bond acceptors (Lipinski definition) is 9. The van der Waals surface area contributed by atoms with Crippen molar-refractivity contribution in [2.75, 3.05) is 32.2 Å². The van der Waals surface area contributed by atoms with E-state index >= 15 is 0 Å². The van der Waals surface area contributed by atoms with Crippen LogP contribution in [-0.2, 0) is 19.1 Å². The standard InChI is InChI=1S/C53H65N9O6/c1-31(2)46(58-52(65)67-5)50(63)60-27-7-9-44(60)48-54-29-40(56-48)35-13-17-37(18-14-35)42-25-26-43(62(42)39-23-21-34(22-24-39)33-11-12-33)38-19-15-36(16-20-38)41-30-55-49(57-41)45-10-8-28-61(45)51(64)47(32(3)4)59-53(66)68-6/h13-24,29-33,42-47H,7-12,25-28H2,1-6H3,(H,54,56)(H,55,57)(H,58,65)(H,59,66)/t42-,43-,44-,45-,46-,47?/m0/s1. The first kappa shape index (κ1) is 46.5. The molecule has 2 aromatic heterocycles. The SMILES string of the molecule is COC(=O)NC(C(=O)N1CCC[C@H]1c1ncc(-c2ccc([C@@H]3CC[C@@H](c4ccc(-c5cnc([C@@H]6CCCN6C(=O)[C@@H](NC(=O)OC)C(C)C)[nH]5)cc4)N3c3ccc(C4CC4)cc3)cc2)[nH]1)C(C)C. The minimum Gasteiger partial charge on any atom is -0.453 e. The number of nitrogens with one attached hydrogen (secondary N) is 4. The zero-order valence-corrected chi connectivity index (χ0v) is 40.0. The van der Waals surface area contributed by atoms with Crippen LogP contribution >= 0.6 is 0 Å². The zero-order valence-electron chi connectivity index (χ0n) is 40.0. The molecule has 1 saturated carbocycles. The van der Waals surface area contributed by atoms with E-state index in [-0.39, 0.29) is 47.8 Å². The molecule has 6 atom stereocenters. The van der Waals surface area contributed by atoms with Crippen LogP contribution in [0.4, 0.5) is 15.3 Å². The highest BCUT2D eigenvalue weighted by Crippen LogP contribution is 2.48. The summed E-state index contributed by atoms with van der Waals surface area (Å²) in [6.07, 6.45) is 10.3. The van der Waals surface area contributed by atoms with Gasteiger partial charge in [0.25, 0.3) is 0 Å². The number of nitrogens with zero attached hydrogens (tertiary/aromatic N) is 5. The van der Waals surface area contributed by atoms with Crippen LogP contribution in [0.1, 0.15) is 137 Å². The van der Waals surface area contributed by atoms with E-state index in [4.69, 9.17) is 19.4 Å². The van der Waals surface area contributed by atoms with Gasteiger partial charge >= 0.3 is 12.2 Å². The summed E-state index contributed by atoms with van der Waals surface area (Å²) in [5.74, 6) is 1.69. The fourth-order valence-corrected chi connectivity index (χ4v) is 10.6. The number of hydrogen-bond donors (Lipinski definition) is 4. The normalized spacial score (nSPS) is 21.3. The van der Waals surface area contributed by atoms with Crippen molar-refractivity contribution >= 4 is 29.7 Å². The minimum absolute atomic E-state index is 0.108. The molecule has 15 heteroatoms. The summed E-state index contributed by atoms with van der Waals surface area (Å²) in [5.41, 5.74) is 8.93. The van der Waals surface area contributed by atoms with Crippen LogP contribution in [-0.4, -0.2) is 93.1 Å². The number of aromatic nitrogens is 4. The van der Waals surface area contributed by atoms with E-state index in [1.807, 2.05) is 49.9 Å². The fraction of sp³-hybridized carbons (Fsp3) is 0.472. The Hall–Kier alpha value is -6.64. The van der Waals surface area contributed by atoms with Gasteiger partial charge in [0, 0.05) is 18.8 Å². The van der Waals surface area contributed by atoms with Gasteiger partial charge in [-0.2, -0.15) is 0 Å². The van der Waals surface area contributed by atoms with Gasteiger partial charge in [0.1, 0.15) is 23.7 Å². The first-order valence-corrected chi connectivity index (χ1v) is 24.4. The summed E-state index contributed by atoms with van der Waals surface area (Å²) in [7, 11) is 2.61. The lowest BCUT2D eigenvalue weighted by Gasteiger charge is -2.33. The molecule has 4 fully saturated rings. The number of rotatable bonds is 14. The molecule has 0 spiro atoms. The van der Waals surface area contributed by atoms with Crippen molar-refractivity contribution in [2.24, 2.45) is 11.8 Å². The van der Waals surface area contributed by atoms with Crippen LogP contribution in [0.15, 0.2) is 85.2 Å². The minimum atomic E-state index is -0.690. The smallest absolute Gasteiger partial charge is 0.407 e. The molecule has 9 rings (SSSR count). The topological polar surface area (TPSA) is 178 Å². The third-order valence-electron chi connectivity index (χ3n) is 14.5. The van der Waals surface area contributed by atoms with Crippen molar-refractivity contribution in [3.8, 4) is 22.5 Å². The first-order chi connectivity index (χ1) is 32.9. The predicted octanol–water partition coefficient (Wildman–Crippen LogP) is 9.52. The predicted molar refractivity (Wildman–Crippen MR) is 259 cm³/mol. The number of imidazole rings is 2. The van der Waals surface area contributed by atoms with E-state index < -0.39 is 24.3 Å². The average Bonchev–Trinajstić information content (AvgIpc) is 3.97. The maximum absolute atomic E-state index is 13.7. The van der Waals surface area contributed by atoms with Gasteiger partial charge in [0.2, 0.25) is 11.8 Å². The van der Waals surface area contributed by atoms with E-state index in [0.29, 0.717) is 19.0 Å². The number of methoxy groups -OCH3 is 2. The second kappa shape index (κ2) is 19.9. The maximum Gasteiger partial charge on any atom is 0.407 e. The highest BCUT2D eigenvalue weighted by molar-refractivity contribution is 5.87. The molecule has 4 N–H and O–H groups in total. The molecule has 5 heterocycles. The third kappa shape index (κ3) is 9.57. The summed E-state index contributed by atoms with van der Waals surface area (Å²) in [6.45, 7) is 8.86. The Morgan fingerprint density at radius 2 is 0.971 bits per heavy atom. The van der Waals surface area contributed by atoms with Gasteiger partial charge < -0.3 is 44.8 Å². The number of H-pyrrole nitrogens is 2. The van der Waals surface area contributed by atoms with E-state index in [1.165, 1.54) is 49.4 Å². The highest BCUT2D eigenvalue weighted by Gasteiger charge is 2.40. The molecule has 0 radical (unpaired) electrons. The van der Waals surface area contributed by atoms with Crippen LogP contribution in [0.3, 0.4) is 0 Å². The van der Waals surface area contributed by atoms with Gasteiger partial charge in [0.15, 0.2) is 0 Å². The highest BCUT2D eigenvalue weighted by atomic mass is 16.5. The second-order valence-corrected chi connectivity index (χ2v) is 19.6. The van der Waals surface area contributed by atoms with Gasteiger partial charge in [-0.1, -0.05) is 88.4 Å². The summed E-state index contributed by atoms with van der Waals surface area (Å²) >= 11 is 0. The average molecular weight is 924 g/mol. The molecular formula is C53H65N9O6. The molecule has 3 saturated heterocycles. The number of carbonyl (C=O) groups excluding carboxylic acids is 4. The van der Waals surface area contributed by atoms with Crippen LogP contribution in [0.5, 0.6) is 0 Å². The van der Waals surface area contributed by atoms with Crippen molar-refractivity contribution < 1.29 is 28.7 Å². The Kier molecular flexibility index (Phi) is 13.6. The Bertz CT molecular complexity index is 2420. The Balaban J connectivity index is 0.915. The Morgan fingerprint density at radius 1 is 0.559 bits per heavy atom. The lowest BCUT2D eigenvalue weighted by Crippen LogP contribution is -2.51. The molecule has 3 aromatic carbocycles. The van der Waals surface area contributed by atoms with Crippen molar-refractivity contribution in [3.05, 3.63) is 114 Å². The van der Waals surface area contributed by atoms with Crippen molar-refractivity contribution in [3.63, 3.8) is 0 Å². The van der Waals surface area contributed by atoms with Gasteiger partial charge in [-0.25, -0.2) is 19.6 Å². The Morgan fingerprint density at radius 3 is 1.35 bits per heavy atom. The quantitative estimate of drug-likeness (QED) is 0.0845. The van der Waals surface area contributed by atoms with Crippen molar-refractivity contribution in [1.82, 2.24) is 40.4 Å². The summed E-state index contributed by atoms with van der Waals surface area (Å²) in [6, 6.07) is 25.4. The lowest BCUT2D eigenvalue weighted by molar-refractivity contribution is -0.136. The number of carbonyl (C=O) groups is 4. The third-order valence-corrected chi connectivity index (χ3v) is 14.5. The van der Waals surface area contributed by atoms with E-state index in [9.17, 15) is 19.2 Å². The van der Waals surface area contributed by atoms with E-state index in [2.05, 4.69) is 98.3 Å². The van der Waals surface area contributed by atoms with Crippen LogP contribution < -0.4 is 15.5 Å². The lowest BCUT2D eigenvalue weighted by atomic mass is 10.0. The molecule has 4 aliphatic rings. The van der Waals surface area contributed by atoms with Gasteiger partial charge in [-0.15, -0.1) is 0 Å². The zero-order chi connectivity index (χ0) is 47.6. The molecule has 0 bridgehead atoms. The molecule has 15 nitrogen and oxygen atoms in total. The fourth-order valence-electron chi connectivity index (χ4n) is 10.6. The molecule has 4 amide bonds. The van der Waals surface area contributed by atoms with Crippen LogP contribution in [0.2, 0.25) is 0 Å². The summed E-state index contributed by atoms with van der Waals surface area (Å²) < 4.78 is 9.62. The van der Waals surface area contributed by atoms with Crippen molar-refractivity contribution in [1.29, 1.82) is 0 Å². The van der Waals surface area contributed by atoms with Gasteiger partial charge in [-0.3, -0.25) is 9.59 Å².